The highest BCUT2D eigenvalue weighted by atomic mass is 35.5. The van der Waals surface area contributed by atoms with E-state index in [4.69, 9.17) is 46.4 Å². The Bertz CT molecular complexity index is 1240. The smallest absolute Gasteiger partial charge is 0.246 e. The first-order valence-corrected chi connectivity index (χ1v) is 15.9. The van der Waals surface area contributed by atoms with E-state index in [1.807, 2.05) is 34.1 Å². The van der Waals surface area contributed by atoms with Gasteiger partial charge in [0.2, 0.25) is 11.8 Å². The van der Waals surface area contributed by atoms with Gasteiger partial charge in [-0.1, -0.05) is 70.3 Å². The van der Waals surface area contributed by atoms with Crippen LogP contribution >= 0.6 is 58.2 Å². The molecule has 41 heavy (non-hydrogen) atoms. The summed E-state index contributed by atoms with van der Waals surface area (Å²) in [4.78, 5) is 35.0. The van der Waals surface area contributed by atoms with Gasteiger partial charge in [0.05, 0.1) is 20.1 Å². The highest BCUT2D eigenvalue weighted by Gasteiger charge is 2.18. The van der Waals surface area contributed by atoms with Crippen molar-refractivity contribution in [3.05, 3.63) is 67.6 Å². The molecule has 2 aromatic carbocycles. The SMILES string of the molecule is CN1CCCN(C(=O)/C=C/c2ccc(Sc3ccc(/C=C/C(=O)N4CCCN(C)CC4)c(Cl)c3Cl)c(Cl)c2Cl)CC1. The van der Waals surface area contributed by atoms with Gasteiger partial charge in [-0.3, -0.25) is 9.59 Å². The van der Waals surface area contributed by atoms with Gasteiger partial charge in [-0.15, -0.1) is 0 Å². The molecular formula is C30H34Cl4N4O2S. The molecule has 4 rings (SSSR count). The van der Waals surface area contributed by atoms with Crippen molar-refractivity contribution in [2.45, 2.75) is 22.6 Å². The van der Waals surface area contributed by atoms with Gasteiger partial charge in [-0.05, 0) is 75.4 Å². The van der Waals surface area contributed by atoms with Gasteiger partial charge in [0.25, 0.3) is 0 Å². The minimum Gasteiger partial charge on any atom is -0.338 e. The predicted octanol–water partition coefficient (Wildman–Crippen LogP) is 6.81. The molecule has 0 atom stereocenters. The first kappa shape index (κ1) is 32.2. The zero-order valence-electron chi connectivity index (χ0n) is 23.2. The van der Waals surface area contributed by atoms with Gasteiger partial charge in [-0.25, -0.2) is 0 Å². The van der Waals surface area contributed by atoms with Crippen molar-refractivity contribution in [1.29, 1.82) is 0 Å². The number of carbonyl (C=O) groups is 2. The van der Waals surface area contributed by atoms with Gasteiger partial charge in [0.1, 0.15) is 0 Å². The Labute approximate surface area is 266 Å². The maximum atomic E-state index is 12.7. The van der Waals surface area contributed by atoms with E-state index in [1.165, 1.54) is 11.8 Å². The van der Waals surface area contributed by atoms with Crippen LogP contribution in [0.25, 0.3) is 12.2 Å². The number of halogens is 4. The second-order valence-corrected chi connectivity index (χ2v) is 12.9. The van der Waals surface area contributed by atoms with Crippen LogP contribution in [0.1, 0.15) is 24.0 Å². The van der Waals surface area contributed by atoms with Crippen LogP contribution < -0.4 is 0 Å². The van der Waals surface area contributed by atoms with Crippen molar-refractivity contribution >= 4 is 82.1 Å². The second kappa shape index (κ2) is 15.1. The molecule has 2 aliphatic heterocycles. The van der Waals surface area contributed by atoms with E-state index in [9.17, 15) is 9.59 Å². The van der Waals surface area contributed by atoms with Crippen LogP contribution in [-0.4, -0.2) is 97.9 Å². The fourth-order valence-electron chi connectivity index (χ4n) is 4.69. The lowest BCUT2D eigenvalue weighted by molar-refractivity contribution is -0.126. The van der Waals surface area contributed by atoms with Crippen LogP contribution in [0.4, 0.5) is 0 Å². The summed E-state index contributed by atoms with van der Waals surface area (Å²) in [5, 5.41) is 1.45. The van der Waals surface area contributed by atoms with E-state index >= 15 is 0 Å². The molecule has 0 radical (unpaired) electrons. The van der Waals surface area contributed by atoms with E-state index in [0.717, 1.165) is 52.1 Å². The Hall–Kier alpha value is -1.71. The molecule has 0 unspecified atom stereocenters. The van der Waals surface area contributed by atoms with Crippen LogP contribution in [0.3, 0.4) is 0 Å². The zero-order valence-corrected chi connectivity index (χ0v) is 27.1. The van der Waals surface area contributed by atoms with Gasteiger partial charge >= 0.3 is 0 Å². The number of hydrogen-bond donors (Lipinski definition) is 0. The standard InChI is InChI=1S/C30H34Cl4N4O2S/c1-35-13-3-15-37(19-17-35)25(39)11-7-21-5-9-23(29(33)27(21)31)41-24-10-6-22(28(32)30(24)34)8-12-26(40)38-16-4-14-36(2)18-20-38/h5-12H,3-4,13-20H2,1-2H3/b11-7+,12-8+. The summed E-state index contributed by atoms with van der Waals surface area (Å²) >= 11 is 27.8. The van der Waals surface area contributed by atoms with Crippen molar-refractivity contribution in [2.75, 3.05) is 66.5 Å². The van der Waals surface area contributed by atoms with Crippen molar-refractivity contribution in [3.63, 3.8) is 0 Å². The fourth-order valence-corrected chi connectivity index (χ4v) is 6.73. The monoisotopic (exact) mass is 654 g/mol. The molecule has 0 aromatic heterocycles. The zero-order chi connectivity index (χ0) is 29.5. The number of amides is 2. The second-order valence-electron chi connectivity index (χ2n) is 10.3. The highest BCUT2D eigenvalue weighted by molar-refractivity contribution is 7.99. The minimum atomic E-state index is -0.0396. The van der Waals surface area contributed by atoms with Crippen molar-refractivity contribution in [1.82, 2.24) is 19.6 Å². The molecule has 0 N–H and O–H groups in total. The molecular weight excluding hydrogens is 622 g/mol. The normalized spacial score (nSPS) is 17.8. The lowest BCUT2D eigenvalue weighted by Gasteiger charge is -2.18. The van der Waals surface area contributed by atoms with Gasteiger partial charge in [0.15, 0.2) is 0 Å². The van der Waals surface area contributed by atoms with Crippen LogP contribution in [-0.2, 0) is 9.59 Å². The topological polar surface area (TPSA) is 47.1 Å². The van der Waals surface area contributed by atoms with E-state index in [-0.39, 0.29) is 11.8 Å². The van der Waals surface area contributed by atoms with Crippen molar-refractivity contribution < 1.29 is 9.59 Å². The Morgan fingerprint density at radius 2 is 1.02 bits per heavy atom. The summed E-state index contributed by atoms with van der Waals surface area (Å²) in [7, 11) is 4.13. The van der Waals surface area contributed by atoms with E-state index in [1.54, 1.807) is 24.3 Å². The average Bonchev–Trinajstić information content (AvgIpc) is 3.32. The maximum Gasteiger partial charge on any atom is 0.246 e. The first-order chi connectivity index (χ1) is 19.6. The molecule has 0 aliphatic carbocycles. The Morgan fingerprint density at radius 3 is 1.44 bits per heavy atom. The Balaban J connectivity index is 1.42. The molecule has 2 heterocycles. The summed E-state index contributed by atoms with van der Waals surface area (Å²) in [5.74, 6) is -0.0792. The summed E-state index contributed by atoms with van der Waals surface area (Å²) in [5.41, 5.74) is 1.32. The molecule has 6 nitrogen and oxygen atoms in total. The molecule has 2 aliphatic rings. The molecule has 0 spiro atoms. The third kappa shape index (κ3) is 8.66. The number of likely N-dealkylation sites (N-methyl/N-ethyl adjacent to an activating group) is 2. The molecule has 11 heteroatoms. The molecule has 220 valence electrons. The fraction of sp³-hybridized carbons (Fsp3) is 0.400. The predicted molar refractivity (Wildman–Crippen MR) is 173 cm³/mol. The van der Waals surface area contributed by atoms with E-state index < -0.39 is 0 Å². The Kier molecular flexibility index (Phi) is 11.9. The molecule has 0 bridgehead atoms. The highest BCUT2D eigenvalue weighted by Crippen LogP contribution is 2.44. The molecule has 2 fully saturated rings. The number of hydrogen-bond acceptors (Lipinski definition) is 5. The number of nitrogens with zero attached hydrogens (tertiary/aromatic N) is 4. The molecule has 2 saturated heterocycles. The van der Waals surface area contributed by atoms with Gasteiger partial charge in [-0.2, -0.15) is 0 Å². The number of benzene rings is 2. The van der Waals surface area contributed by atoms with Crippen molar-refractivity contribution in [2.24, 2.45) is 0 Å². The third-order valence-corrected chi connectivity index (χ3v) is 10.4. The molecule has 2 amide bonds. The third-order valence-electron chi connectivity index (χ3n) is 7.25. The van der Waals surface area contributed by atoms with Crippen LogP contribution in [0, 0.1) is 0 Å². The maximum absolute atomic E-state index is 12.7. The lowest BCUT2D eigenvalue weighted by atomic mass is 10.2. The van der Waals surface area contributed by atoms with Crippen molar-refractivity contribution in [3.8, 4) is 0 Å². The van der Waals surface area contributed by atoms with Gasteiger partial charge < -0.3 is 19.6 Å². The summed E-state index contributed by atoms with van der Waals surface area (Å²) in [6.07, 6.45) is 8.41. The summed E-state index contributed by atoms with van der Waals surface area (Å²) in [6, 6.07) is 7.35. The number of carbonyl (C=O) groups excluding carboxylic acids is 2. The molecule has 2 aromatic rings. The number of rotatable bonds is 6. The summed E-state index contributed by atoms with van der Waals surface area (Å²) < 4.78 is 0. The average molecular weight is 657 g/mol. The largest absolute Gasteiger partial charge is 0.338 e. The first-order valence-electron chi connectivity index (χ1n) is 13.6. The Morgan fingerprint density at radius 1 is 0.610 bits per heavy atom. The van der Waals surface area contributed by atoms with Gasteiger partial charge in [0, 0.05) is 61.2 Å². The van der Waals surface area contributed by atoms with E-state index in [2.05, 4.69) is 23.9 Å². The van der Waals surface area contributed by atoms with E-state index in [0.29, 0.717) is 54.1 Å². The lowest BCUT2D eigenvalue weighted by Crippen LogP contribution is -2.33. The summed E-state index contributed by atoms with van der Waals surface area (Å²) in [6.45, 7) is 6.57. The molecule has 0 saturated carbocycles. The van der Waals surface area contributed by atoms with Crippen LogP contribution in [0.15, 0.2) is 46.2 Å². The minimum absolute atomic E-state index is 0.0396. The van der Waals surface area contributed by atoms with Crippen LogP contribution in [0.2, 0.25) is 20.1 Å². The van der Waals surface area contributed by atoms with Crippen LogP contribution in [0.5, 0.6) is 0 Å². The quantitative estimate of drug-likeness (QED) is 0.320.